The van der Waals surface area contributed by atoms with E-state index >= 15 is 0 Å². The van der Waals surface area contributed by atoms with Gasteiger partial charge in [-0.1, -0.05) is 18.2 Å². The molecule has 0 saturated heterocycles. The van der Waals surface area contributed by atoms with Crippen LogP contribution in [-0.4, -0.2) is 42.1 Å². The molecule has 0 atom stereocenters. The third-order valence-corrected chi connectivity index (χ3v) is 3.36. The van der Waals surface area contributed by atoms with Crippen molar-refractivity contribution in [3.63, 3.8) is 0 Å². The van der Waals surface area contributed by atoms with E-state index in [4.69, 9.17) is 0 Å². The van der Waals surface area contributed by atoms with Gasteiger partial charge in [0, 0.05) is 18.6 Å². The van der Waals surface area contributed by atoms with Gasteiger partial charge in [-0.2, -0.15) is 0 Å². The van der Waals surface area contributed by atoms with E-state index in [2.05, 4.69) is 14.8 Å². The van der Waals surface area contributed by atoms with E-state index in [9.17, 15) is 13.2 Å². The van der Waals surface area contributed by atoms with Crippen LogP contribution in [-0.2, 0) is 14.9 Å². The van der Waals surface area contributed by atoms with E-state index in [0.717, 1.165) is 18.7 Å². The van der Waals surface area contributed by atoms with Crippen molar-refractivity contribution in [1.82, 2.24) is 14.4 Å². The Morgan fingerprint density at radius 1 is 1.32 bits per heavy atom. The zero-order valence-corrected chi connectivity index (χ0v) is 11.1. The average molecular weight is 281 g/mol. The summed E-state index contributed by atoms with van der Waals surface area (Å²) in [5.41, 5.74) is 0.575. The highest BCUT2D eigenvalue weighted by atomic mass is 32.2. The lowest BCUT2D eigenvalue weighted by atomic mass is 10.2. The molecule has 2 rings (SSSR count). The van der Waals surface area contributed by atoms with E-state index in [0.29, 0.717) is 9.99 Å². The molecule has 0 fully saturated rings. The highest BCUT2D eigenvalue weighted by Gasteiger charge is 2.20. The summed E-state index contributed by atoms with van der Waals surface area (Å²) in [5.74, 6) is -1.13. The SMILES string of the molecule is CN(OC(=O)c1ncc2ccccc2n1)S(C)(=O)=O. The summed E-state index contributed by atoms with van der Waals surface area (Å²) in [6.07, 6.45) is 2.39. The van der Waals surface area contributed by atoms with Crippen molar-refractivity contribution < 1.29 is 18.0 Å². The van der Waals surface area contributed by atoms with E-state index < -0.39 is 16.0 Å². The lowest BCUT2D eigenvalue weighted by Gasteiger charge is -2.12. The van der Waals surface area contributed by atoms with Gasteiger partial charge < -0.3 is 4.84 Å². The molecule has 0 bridgehead atoms. The Morgan fingerprint density at radius 2 is 2.00 bits per heavy atom. The van der Waals surface area contributed by atoms with Crippen LogP contribution in [0.25, 0.3) is 10.9 Å². The van der Waals surface area contributed by atoms with Gasteiger partial charge >= 0.3 is 5.97 Å². The Morgan fingerprint density at radius 3 is 2.68 bits per heavy atom. The largest absolute Gasteiger partial charge is 0.396 e. The standard InChI is InChI=1S/C11H11N3O4S/c1-14(19(2,16)17)18-11(15)10-12-7-8-5-3-4-6-9(8)13-10/h3-7H,1-2H3. The van der Waals surface area contributed by atoms with Crippen LogP contribution in [0.3, 0.4) is 0 Å². The van der Waals surface area contributed by atoms with Gasteiger partial charge in [0.25, 0.3) is 0 Å². The summed E-state index contributed by atoms with van der Waals surface area (Å²) in [6, 6.07) is 7.11. The summed E-state index contributed by atoms with van der Waals surface area (Å²) in [4.78, 5) is 24.2. The highest BCUT2D eigenvalue weighted by molar-refractivity contribution is 7.88. The number of hydroxylamine groups is 1. The van der Waals surface area contributed by atoms with E-state index in [1.54, 1.807) is 18.2 Å². The number of hydrogen-bond donors (Lipinski definition) is 0. The maximum atomic E-state index is 11.7. The second kappa shape index (κ2) is 4.90. The fourth-order valence-electron chi connectivity index (χ4n) is 1.30. The average Bonchev–Trinajstić information content (AvgIpc) is 2.37. The molecule has 0 unspecified atom stereocenters. The third-order valence-electron chi connectivity index (χ3n) is 2.35. The Hall–Kier alpha value is -2.06. The van der Waals surface area contributed by atoms with Crippen molar-refractivity contribution in [1.29, 1.82) is 0 Å². The van der Waals surface area contributed by atoms with Crippen molar-refractivity contribution in [2.45, 2.75) is 0 Å². The minimum atomic E-state index is -3.61. The molecule has 0 saturated carbocycles. The maximum absolute atomic E-state index is 11.7. The van der Waals surface area contributed by atoms with Crippen LogP contribution in [0.1, 0.15) is 10.6 Å². The van der Waals surface area contributed by atoms with Crippen LogP contribution in [0.4, 0.5) is 0 Å². The van der Waals surface area contributed by atoms with Gasteiger partial charge in [-0.05, 0) is 10.5 Å². The molecule has 0 spiro atoms. The first-order valence-electron chi connectivity index (χ1n) is 5.26. The lowest BCUT2D eigenvalue weighted by molar-refractivity contribution is -0.0303. The molecular formula is C11H11N3O4S. The fourth-order valence-corrected chi connectivity index (χ4v) is 1.50. The molecule has 8 heteroatoms. The Kier molecular flexibility index (Phi) is 3.45. The molecule has 0 aliphatic carbocycles. The number of benzene rings is 1. The van der Waals surface area contributed by atoms with Crippen LogP contribution in [0.15, 0.2) is 30.5 Å². The second-order valence-electron chi connectivity index (χ2n) is 3.80. The number of hydrogen-bond acceptors (Lipinski definition) is 6. The van der Waals surface area contributed by atoms with Crippen LogP contribution in [0.5, 0.6) is 0 Å². The minimum absolute atomic E-state index is 0.200. The summed E-state index contributed by atoms with van der Waals surface area (Å²) in [5, 5.41) is 0.774. The van der Waals surface area contributed by atoms with Crippen molar-refractivity contribution in [3.05, 3.63) is 36.3 Å². The Balaban J connectivity index is 2.27. The number of fused-ring (bicyclic) bond motifs is 1. The molecule has 2 aromatic rings. The Bertz CT molecular complexity index is 730. The van der Waals surface area contributed by atoms with E-state index in [1.807, 2.05) is 6.07 Å². The van der Waals surface area contributed by atoms with Gasteiger partial charge in [0.05, 0.1) is 11.8 Å². The molecule has 0 radical (unpaired) electrons. The first-order chi connectivity index (χ1) is 8.88. The molecule has 0 amide bonds. The van der Waals surface area contributed by atoms with Gasteiger partial charge in [0.15, 0.2) is 0 Å². The number of carbonyl (C=O) groups is 1. The molecule has 0 N–H and O–H groups in total. The summed E-state index contributed by atoms with van der Waals surface area (Å²) in [7, 11) is -2.49. The number of rotatable bonds is 3. The molecule has 100 valence electrons. The number of nitrogens with zero attached hydrogens (tertiary/aromatic N) is 3. The zero-order valence-electron chi connectivity index (χ0n) is 10.3. The molecule has 1 aromatic heterocycles. The smallest absolute Gasteiger partial charge is 0.346 e. The van der Waals surface area contributed by atoms with Crippen LogP contribution >= 0.6 is 0 Å². The number of para-hydroxylation sites is 1. The minimum Gasteiger partial charge on any atom is -0.346 e. The monoisotopic (exact) mass is 281 g/mol. The van der Waals surface area contributed by atoms with Crippen molar-refractivity contribution in [2.24, 2.45) is 0 Å². The van der Waals surface area contributed by atoms with Crippen LogP contribution in [0.2, 0.25) is 0 Å². The van der Waals surface area contributed by atoms with Gasteiger partial charge in [-0.25, -0.2) is 23.2 Å². The number of carbonyl (C=O) groups excluding carboxylic acids is 1. The summed E-state index contributed by atoms with van der Waals surface area (Å²) >= 11 is 0. The summed E-state index contributed by atoms with van der Waals surface area (Å²) < 4.78 is 22.7. The summed E-state index contributed by atoms with van der Waals surface area (Å²) in [6.45, 7) is 0. The maximum Gasteiger partial charge on any atom is 0.396 e. The lowest BCUT2D eigenvalue weighted by Crippen LogP contribution is -2.29. The second-order valence-corrected chi connectivity index (χ2v) is 5.78. The third kappa shape index (κ3) is 3.04. The Labute approximate surface area is 109 Å². The molecule has 0 aliphatic heterocycles. The van der Waals surface area contributed by atoms with Crippen LogP contribution in [0, 0.1) is 0 Å². The van der Waals surface area contributed by atoms with Crippen molar-refractivity contribution in [3.8, 4) is 0 Å². The van der Waals surface area contributed by atoms with Crippen LogP contribution < -0.4 is 0 Å². The van der Waals surface area contributed by atoms with Gasteiger partial charge in [-0.15, -0.1) is 0 Å². The predicted octanol–water partition coefficient (Wildman–Crippen LogP) is 0.593. The number of sulfonamides is 1. The molecular weight excluding hydrogens is 270 g/mol. The molecule has 19 heavy (non-hydrogen) atoms. The zero-order chi connectivity index (χ0) is 14.0. The quantitative estimate of drug-likeness (QED) is 0.765. The van der Waals surface area contributed by atoms with Gasteiger partial charge in [-0.3, -0.25) is 0 Å². The van der Waals surface area contributed by atoms with Crippen molar-refractivity contribution >= 4 is 26.9 Å². The highest BCUT2D eigenvalue weighted by Crippen LogP contribution is 2.10. The van der Waals surface area contributed by atoms with Gasteiger partial charge in [0.2, 0.25) is 15.8 Å². The topological polar surface area (TPSA) is 89.5 Å². The van der Waals surface area contributed by atoms with E-state index in [-0.39, 0.29) is 5.82 Å². The van der Waals surface area contributed by atoms with Crippen molar-refractivity contribution in [2.75, 3.05) is 13.3 Å². The van der Waals surface area contributed by atoms with E-state index in [1.165, 1.54) is 6.20 Å². The molecule has 1 aromatic carbocycles. The first kappa shape index (κ1) is 13.4. The predicted molar refractivity (Wildman–Crippen MR) is 67.6 cm³/mol. The normalized spacial score (nSPS) is 11.7. The number of aromatic nitrogens is 2. The molecule has 0 aliphatic rings. The van der Waals surface area contributed by atoms with Gasteiger partial charge in [0.1, 0.15) is 0 Å². The fraction of sp³-hybridized carbons (Fsp3) is 0.182. The first-order valence-corrected chi connectivity index (χ1v) is 7.11. The molecule has 1 heterocycles. The molecule has 7 nitrogen and oxygen atoms in total.